The van der Waals surface area contributed by atoms with Crippen LogP contribution >= 0.6 is 0 Å². The minimum atomic E-state index is 0.420. The van der Waals surface area contributed by atoms with Crippen LogP contribution in [0.25, 0.3) is 11.3 Å². The number of nitrogens with zero attached hydrogens (tertiary/aromatic N) is 2. The van der Waals surface area contributed by atoms with Gasteiger partial charge in [0.05, 0.1) is 11.8 Å². The molecule has 1 fully saturated rings. The molecule has 0 bridgehead atoms. The maximum atomic E-state index is 6.02. The predicted octanol–water partition coefficient (Wildman–Crippen LogP) is 3.53. The van der Waals surface area contributed by atoms with Gasteiger partial charge in [0, 0.05) is 17.5 Å². The van der Waals surface area contributed by atoms with E-state index in [1.54, 1.807) is 0 Å². The number of benzene rings is 1. The molecule has 0 radical (unpaired) electrons. The second kappa shape index (κ2) is 5.72. The molecular formula is C17H21N3O. The van der Waals surface area contributed by atoms with Gasteiger partial charge in [-0.3, -0.25) is 0 Å². The van der Waals surface area contributed by atoms with Crippen molar-refractivity contribution in [1.29, 1.82) is 0 Å². The minimum absolute atomic E-state index is 0.420. The first-order valence-corrected chi connectivity index (χ1v) is 7.57. The third kappa shape index (κ3) is 3.15. The maximum Gasteiger partial charge on any atom is 0.131 e. The van der Waals surface area contributed by atoms with Crippen LogP contribution in [0.4, 0.5) is 5.82 Å². The predicted molar refractivity (Wildman–Crippen MR) is 84.3 cm³/mol. The zero-order valence-corrected chi connectivity index (χ0v) is 12.6. The van der Waals surface area contributed by atoms with Gasteiger partial charge in [-0.25, -0.2) is 9.97 Å². The quantitative estimate of drug-likeness (QED) is 0.912. The number of nitrogen functional groups attached to an aromatic ring is 1. The third-order valence-electron chi connectivity index (χ3n) is 3.66. The van der Waals surface area contributed by atoms with Gasteiger partial charge in [-0.1, -0.05) is 6.92 Å². The Morgan fingerprint density at radius 3 is 2.52 bits per heavy atom. The fourth-order valence-corrected chi connectivity index (χ4v) is 2.27. The van der Waals surface area contributed by atoms with E-state index in [2.05, 4.69) is 16.9 Å². The molecule has 0 spiro atoms. The van der Waals surface area contributed by atoms with Gasteiger partial charge in [0.2, 0.25) is 0 Å². The van der Waals surface area contributed by atoms with Crippen LogP contribution in [0.15, 0.2) is 24.3 Å². The molecule has 1 saturated carbocycles. The highest BCUT2D eigenvalue weighted by Crippen LogP contribution is 2.30. The summed E-state index contributed by atoms with van der Waals surface area (Å²) in [6.07, 6.45) is 4.62. The van der Waals surface area contributed by atoms with Crippen molar-refractivity contribution in [1.82, 2.24) is 9.97 Å². The van der Waals surface area contributed by atoms with E-state index in [9.17, 15) is 0 Å². The van der Waals surface area contributed by atoms with Crippen LogP contribution in [-0.2, 0) is 6.42 Å². The first-order valence-electron chi connectivity index (χ1n) is 7.57. The highest BCUT2D eigenvalue weighted by atomic mass is 16.5. The summed E-state index contributed by atoms with van der Waals surface area (Å²) in [6, 6.07) is 8.10. The lowest BCUT2D eigenvalue weighted by Crippen LogP contribution is -2.05. The summed E-state index contributed by atoms with van der Waals surface area (Å²) in [5.74, 6) is 2.31. The molecule has 2 N–H and O–H groups in total. The van der Waals surface area contributed by atoms with E-state index in [0.29, 0.717) is 11.9 Å². The summed E-state index contributed by atoms with van der Waals surface area (Å²) < 4.78 is 5.77. The minimum Gasteiger partial charge on any atom is -0.490 e. The average molecular weight is 283 g/mol. The smallest absolute Gasteiger partial charge is 0.131 e. The molecule has 0 atom stereocenters. The maximum absolute atomic E-state index is 6.02. The topological polar surface area (TPSA) is 61.0 Å². The van der Waals surface area contributed by atoms with Crippen molar-refractivity contribution < 1.29 is 4.74 Å². The monoisotopic (exact) mass is 283 g/mol. The molecule has 4 heteroatoms. The summed E-state index contributed by atoms with van der Waals surface area (Å²) in [5, 5.41) is 0. The molecule has 1 aromatic carbocycles. The number of rotatable bonds is 5. The zero-order chi connectivity index (χ0) is 14.8. The molecule has 0 unspecified atom stereocenters. The Labute approximate surface area is 125 Å². The highest BCUT2D eigenvalue weighted by Gasteiger charge is 2.23. The summed E-state index contributed by atoms with van der Waals surface area (Å²) in [6.45, 7) is 4.08. The zero-order valence-electron chi connectivity index (χ0n) is 12.6. The number of hydrogen-bond donors (Lipinski definition) is 1. The van der Waals surface area contributed by atoms with E-state index >= 15 is 0 Å². The normalized spacial score (nSPS) is 14.2. The van der Waals surface area contributed by atoms with Crippen molar-refractivity contribution in [3.05, 3.63) is 35.7 Å². The molecule has 1 heterocycles. The number of aromatic nitrogens is 2. The Balaban J connectivity index is 1.90. The fraction of sp³-hybridized carbons (Fsp3) is 0.412. The SMILES string of the molecule is CCCc1nc(N)c(C)c(-c2ccc(OC3CC3)cc2)n1. The lowest BCUT2D eigenvalue weighted by Gasteiger charge is -2.11. The second-order valence-corrected chi connectivity index (χ2v) is 5.59. The van der Waals surface area contributed by atoms with E-state index in [1.165, 1.54) is 12.8 Å². The van der Waals surface area contributed by atoms with Crippen LogP contribution in [0, 0.1) is 6.92 Å². The molecule has 1 aromatic heterocycles. The van der Waals surface area contributed by atoms with E-state index < -0.39 is 0 Å². The van der Waals surface area contributed by atoms with Gasteiger partial charge in [-0.15, -0.1) is 0 Å². The van der Waals surface area contributed by atoms with Crippen molar-refractivity contribution in [2.45, 2.75) is 45.6 Å². The molecule has 1 aliphatic carbocycles. The molecule has 0 aliphatic heterocycles. The standard InChI is InChI=1S/C17H21N3O/c1-3-4-15-19-16(11(2)17(18)20-15)12-5-7-13(8-6-12)21-14-9-10-14/h5-8,14H,3-4,9-10H2,1-2H3,(H2,18,19,20). The Hall–Kier alpha value is -2.10. The Bertz CT molecular complexity index is 633. The van der Waals surface area contributed by atoms with Crippen molar-refractivity contribution in [2.75, 3.05) is 5.73 Å². The number of aryl methyl sites for hydroxylation is 1. The molecular weight excluding hydrogens is 262 g/mol. The molecule has 1 aliphatic rings. The van der Waals surface area contributed by atoms with Crippen LogP contribution in [0.2, 0.25) is 0 Å². The molecule has 110 valence electrons. The van der Waals surface area contributed by atoms with Crippen LogP contribution in [0.5, 0.6) is 5.75 Å². The van der Waals surface area contributed by atoms with Crippen molar-refractivity contribution >= 4 is 5.82 Å². The number of hydrogen-bond acceptors (Lipinski definition) is 4. The van der Waals surface area contributed by atoms with Gasteiger partial charge in [0.25, 0.3) is 0 Å². The van der Waals surface area contributed by atoms with Crippen LogP contribution in [0.1, 0.15) is 37.6 Å². The van der Waals surface area contributed by atoms with Gasteiger partial charge < -0.3 is 10.5 Å². The fourth-order valence-electron chi connectivity index (χ4n) is 2.27. The Kier molecular flexibility index (Phi) is 3.78. The van der Waals surface area contributed by atoms with E-state index in [1.807, 2.05) is 31.2 Å². The largest absolute Gasteiger partial charge is 0.490 e. The van der Waals surface area contributed by atoms with E-state index in [-0.39, 0.29) is 0 Å². The lowest BCUT2D eigenvalue weighted by molar-refractivity contribution is 0.303. The van der Waals surface area contributed by atoms with Crippen molar-refractivity contribution in [2.24, 2.45) is 0 Å². The molecule has 4 nitrogen and oxygen atoms in total. The Morgan fingerprint density at radius 2 is 1.90 bits per heavy atom. The van der Waals surface area contributed by atoms with Crippen LogP contribution in [0.3, 0.4) is 0 Å². The third-order valence-corrected chi connectivity index (χ3v) is 3.66. The summed E-state index contributed by atoms with van der Waals surface area (Å²) in [5.41, 5.74) is 8.93. The lowest BCUT2D eigenvalue weighted by atomic mass is 10.1. The van der Waals surface area contributed by atoms with E-state index in [4.69, 9.17) is 10.5 Å². The Morgan fingerprint density at radius 1 is 1.19 bits per heavy atom. The number of nitrogens with two attached hydrogens (primary N) is 1. The number of anilines is 1. The van der Waals surface area contributed by atoms with E-state index in [0.717, 1.165) is 41.2 Å². The van der Waals surface area contributed by atoms with Crippen molar-refractivity contribution in [3.8, 4) is 17.0 Å². The van der Waals surface area contributed by atoms with Gasteiger partial charge in [0.15, 0.2) is 0 Å². The summed E-state index contributed by atoms with van der Waals surface area (Å²) in [7, 11) is 0. The molecule has 0 saturated heterocycles. The first-order chi connectivity index (χ1) is 10.2. The van der Waals surface area contributed by atoms with Gasteiger partial charge >= 0.3 is 0 Å². The van der Waals surface area contributed by atoms with Gasteiger partial charge in [-0.05, 0) is 50.5 Å². The first kappa shape index (κ1) is 13.9. The van der Waals surface area contributed by atoms with Crippen LogP contribution in [-0.4, -0.2) is 16.1 Å². The highest BCUT2D eigenvalue weighted by molar-refractivity contribution is 5.67. The van der Waals surface area contributed by atoms with Gasteiger partial charge in [-0.2, -0.15) is 0 Å². The van der Waals surface area contributed by atoms with Gasteiger partial charge in [0.1, 0.15) is 17.4 Å². The molecule has 0 amide bonds. The summed E-state index contributed by atoms with van der Waals surface area (Å²) >= 11 is 0. The summed E-state index contributed by atoms with van der Waals surface area (Å²) in [4.78, 5) is 9.02. The van der Waals surface area contributed by atoms with Crippen molar-refractivity contribution in [3.63, 3.8) is 0 Å². The van der Waals surface area contributed by atoms with Crippen LogP contribution < -0.4 is 10.5 Å². The molecule has 21 heavy (non-hydrogen) atoms. The molecule has 3 rings (SSSR count). The average Bonchev–Trinajstić information content (AvgIpc) is 3.28. The molecule has 2 aromatic rings. The second-order valence-electron chi connectivity index (χ2n) is 5.59. The number of ether oxygens (including phenoxy) is 1.